The molecule has 0 aliphatic heterocycles. The van der Waals surface area contributed by atoms with Crippen LogP contribution in [0.3, 0.4) is 0 Å². The fourth-order valence-electron chi connectivity index (χ4n) is 3.16. The SMILES string of the molecule is C/C=C(\C=N)C(=O)Nc1cc(C(=NC)O/C(=C/CC)Nc2ccc(NPI)c(C=N)c2Cl)cn(C)c1=O. The van der Waals surface area contributed by atoms with Gasteiger partial charge in [-0.25, -0.2) is 0 Å². The predicted octanol–water partition coefficient (Wildman–Crippen LogP) is 5.68. The van der Waals surface area contributed by atoms with Crippen molar-refractivity contribution in [1.82, 2.24) is 4.57 Å². The van der Waals surface area contributed by atoms with E-state index < -0.39 is 11.5 Å². The van der Waals surface area contributed by atoms with Crippen LogP contribution in [-0.2, 0) is 16.6 Å². The monoisotopic (exact) mass is 655 g/mol. The van der Waals surface area contributed by atoms with Gasteiger partial charge in [-0.3, -0.25) is 14.6 Å². The van der Waals surface area contributed by atoms with Crippen LogP contribution < -0.4 is 21.3 Å². The lowest BCUT2D eigenvalue weighted by Gasteiger charge is -2.18. The molecule has 0 aliphatic carbocycles. The molecule has 10 nitrogen and oxygen atoms in total. The predicted molar refractivity (Wildman–Crippen MR) is 164 cm³/mol. The number of halogens is 2. The van der Waals surface area contributed by atoms with Crippen LogP contribution in [0.4, 0.5) is 17.1 Å². The molecule has 1 heterocycles. The Balaban J connectivity index is 2.41. The molecule has 1 amide bonds. The quantitative estimate of drug-likeness (QED) is 0.0528. The van der Waals surface area contributed by atoms with Gasteiger partial charge in [-0.15, -0.1) is 0 Å². The van der Waals surface area contributed by atoms with Gasteiger partial charge in [0.2, 0.25) is 5.90 Å². The summed E-state index contributed by atoms with van der Waals surface area (Å²) in [6.07, 6.45) is 7.98. The van der Waals surface area contributed by atoms with E-state index in [-0.39, 0.29) is 17.2 Å². The number of aromatic nitrogens is 1. The first kappa shape index (κ1) is 30.2. The topological polar surface area (TPSA) is 144 Å². The minimum absolute atomic E-state index is 0.0164. The molecule has 37 heavy (non-hydrogen) atoms. The Hall–Kier alpha value is -3.02. The number of hydrogen-bond acceptors (Lipinski definition) is 8. The van der Waals surface area contributed by atoms with Crippen molar-refractivity contribution in [3.63, 3.8) is 0 Å². The maximum Gasteiger partial charge on any atom is 0.274 e. The summed E-state index contributed by atoms with van der Waals surface area (Å²) in [5.41, 5.74) is 1.97. The summed E-state index contributed by atoms with van der Waals surface area (Å²) >= 11 is 8.77. The largest absolute Gasteiger partial charge is 0.423 e. The third-order valence-electron chi connectivity index (χ3n) is 4.97. The van der Waals surface area contributed by atoms with Gasteiger partial charge in [0.1, 0.15) is 5.69 Å². The number of benzene rings is 1. The number of rotatable bonds is 11. The number of ether oxygens (including phenoxy) is 1. The summed E-state index contributed by atoms with van der Waals surface area (Å²) in [5.74, 6) is -0.0465. The van der Waals surface area contributed by atoms with Crippen molar-refractivity contribution in [3.8, 4) is 0 Å². The molecule has 0 saturated heterocycles. The molecule has 0 radical (unpaired) electrons. The van der Waals surface area contributed by atoms with E-state index >= 15 is 0 Å². The number of allylic oxidation sites excluding steroid dienone is 2. The Bertz CT molecular complexity index is 1340. The maximum atomic E-state index is 12.6. The molecule has 0 bridgehead atoms. The third-order valence-corrected chi connectivity index (χ3v) is 6.55. The molecule has 0 saturated carbocycles. The second kappa shape index (κ2) is 14.7. The van der Waals surface area contributed by atoms with Crippen molar-refractivity contribution in [2.75, 3.05) is 22.8 Å². The summed E-state index contributed by atoms with van der Waals surface area (Å²) in [7, 11) is 3.09. The fraction of sp³-hybridized carbons (Fsp3) is 0.208. The van der Waals surface area contributed by atoms with Crippen LogP contribution in [-0.4, -0.2) is 35.8 Å². The van der Waals surface area contributed by atoms with Crippen molar-refractivity contribution >= 4 is 81.3 Å². The zero-order chi connectivity index (χ0) is 27.5. The Morgan fingerprint density at radius 2 is 1.97 bits per heavy atom. The Labute approximate surface area is 235 Å². The van der Waals surface area contributed by atoms with E-state index in [1.165, 1.54) is 22.9 Å². The van der Waals surface area contributed by atoms with E-state index in [1.54, 1.807) is 39.4 Å². The number of pyridine rings is 1. The Morgan fingerprint density at radius 1 is 1.27 bits per heavy atom. The first-order valence-corrected chi connectivity index (χ1v) is 15.5. The van der Waals surface area contributed by atoms with Crippen LogP contribution in [0.15, 0.2) is 57.8 Å². The van der Waals surface area contributed by atoms with Gasteiger partial charge in [-0.2, -0.15) is 0 Å². The van der Waals surface area contributed by atoms with E-state index in [0.717, 1.165) is 11.9 Å². The third kappa shape index (κ3) is 7.73. The first-order chi connectivity index (χ1) is 17.7. The van der Waals surface area contributed by atoms with Crippen LogP contribution in [0, 0.1) is 10.8 Å². The highest BCUT2D eigenvalue weighted by atomic mass is 127. The van der Waals surface area contributed by atoms with Crippen molar-refractivity contribution < 1.29 is 9.53 Å². The first-order valence-electron chi connectivity index (χ1n) is 11.0. The highest BCUT2D eigenvalue weighted by Gasteiger charge is 2.17. The number of carbonyl (C=O) groups is 1. The number of aliphatic imine (C=N–C) groups is 1. The molecule has 196 valence electrons. The molecular weight excluding hydrogens is 628 g/mol. The molecule has 1 aromatic heterocycles. The molecule has 5 N–H and O–H groups in total. The van der Waals surface area contributed by atoms with Crippen molar-refractivity contribution in [2.45, 2.75) is 20.3 Å². The van der Waals surface area contributed by atoms with Gasteiger partial charge in [0.15, 0.2) is 5.88 Å². The number of amides is 1. The molecular formula is C24H28ClIN7O3P. The lowest BCUT2D eigenvalue weighted by Crippen LogP contribution is -2.26. The summed E-state index contributed by atoms with van der Waals surface area (Å²) in [5, 5.41) is 24.4. The molecule has 0 spiro atoms. The normalized spacial score (nSPS) is 12.4. The zero-order valence-electron chi connectivity index (χ0n) is 20.7. The zero-order valence-corrected chi connectivity index (χ0v) is 24.6. The lowest BCUT2D eigenvalue weighted by atomic mass is 10.1. The maximum absolute atomic E-state index is 12.6. The minimum Gasteiger partial charge on any atom is -0.423 e. The molecule has 1 aromatic carbocycles. The van der Waals surface area contributed by atoms with Crippen LogP contribution in [0.25, 0.3) is 0 Å². The Kier molecular flexibility index (Phi) is 12.0. The average molecular weight is 656 g/mol. The van der Waals surface area contributed by atoms with Crippen LogP contribution in [0.1, 0.15) is 31.4 Å². The van der Waals surface area contributed by atoms with Gasteiger partial charge in [0, 0.05) is 50.3 Å². The number of anilines is 3. The van der Waals surface area contributed by atoms with Gasteiger partial charge in [-0.05, 0) is 59.7 Å². The van der Waals surface area contributed by atoms with E-state index in [2.05, 4.69) is 42.8 Å². The average Bonchev–Trinajstić information content (AvgIpc) is 2.87. The van der Waals surface area contributed by atoms with E-state index in [4.69, 9.17) is 27.2 Å². The van der Waals surface area contributed by atoms with E-state index in [9.17, 15) is 9.59 Å². The molecule has 0 aliphatic rings. The molecule has 0 fully saturated rings. The van der Waals surface area contributed by atoms with Crippen LogP contribution in [0.2, 0.25) is 5.02 Å². The van der Waals surface area contributed by atoms with Crippen molar-refractivity contribution in [2.24, 2.45) is 12.0 Å². The molecule has 13 heteroatoms. The standard InChI is InChI=1S/C24H28ClIN7O3P/c1-5-7-20(30-18-9-8-17(32-37-26)16(12-28)21(18)25)36-23(29-3)15-10-19(24(35)33(4)13-15)31-22(34)14(6-2)11-27/h6-13,27-28,30,32,37H,5H2,1-4H3,(H,31,34)/b14-6+,20-7+,27-11?,28-12?,29-23?. The highest BCUT2D eigenvalue weighted by Crippen LogP contribution is 2.35. The molecule has 2 aromatic rings. The van der Waals surface area contributed by atoms with Crippen LogP contribution >= 0.6 is 40.0 Å². The fourth-order valence-corrected chi connectivity index (χ4v) is 4.62. The van der Waals surface area contributed by atoms with Crippen molar-refractivity contribution in [1.29, 1.82) is 10.8 Å². The number of nitrogens with zero attached hydrogens (tertiary/aromatic N) is 2. The second-order valence-corrected chi connectivity index (χ2v) is 9.82. The van der Waals surface area contributed by atoms with Gasteiger partial charge in [0.25, 0.3) is 11.5 Å². The van der Waals surface area contributed by atoms with Gasteiger partial charge < -0.3 is 35.8 Å². The van der Waals surface area contributed by atoms with Gasteiger partial charge >= 0.3 is 0 Å². The summed E-state index contributed by atoms with van der Waals surface area (Å²) < 4.78 is 7.38. The number of aryl methyl sites for hydroxylation is 1. The summed E-state index contributed by atoms with van der Waals surface area (Å²) in [6, 6.07) is 5.08. The number of nitrogens with one attached hydrogen (secondary N) is 5. The van der Waals surface area contributed by atoms with Crippen molar-refractivity contribution in [3.05, 3.63) is 74.5 Å². The molecule has 2 rings (SSSR count). The summed E-state index contributed by atoms with van der Waals surface area (Å²) in [6.45, 7) is 3.57. The van der Waals surface area contributed by atoms with Gasteiger partial charge in [0.05, 0.1) is 21.8 Å². The second-order valence-electron chi connectivity index (χ2n) is 7.39. The van der Waals surface area contributed by atoms with Crippen LogP contribution in [0.5, 0.6) is 0 Å². The smallest absolute Gasteiger partial charge is 0.274 e. The number of carbonyl (C=O) groups excluding carboxylic acids is 1. The van der Waals surface area contributed by atoms with E-state index in [1.807, 2.05) is 13.0 Å². The molecule has 1 unspecified atom stereocenters. The van der Waals surface area contributed by atoms with E-state index in [0.29, 0.717) is 40.5 Å². The lowest BCUT2D eigenvalue weighted by molar-refractivity contribution is -0.112. The summed E-state index contributed by atoms with van der Waals surface area (Å²) in [4.78, 5) is 29.3. The highest BCUT2D eigenvalue weighted by molar-refractivity contribution is 14.2. The molecule has 1 atom stereocenters. The minimum atomic E-state index is -0.575. The Morgan fingerprint density at radius 3 is 2.54 bits per heavy atom. The van der Waals surface area contributed by atoms with Gasteiger partial charge in [-0.1, -0.05) is 24.6 Å². The number of hydrogen-bond donors (Lipinski definition) is 5.